The molecule has 4 heteroatoms. The van der Waals surface area contributed by atoms with Crippen LogP contribution in [-0.2, 0) is 13.5 Å². The molecule has 92 valence electrons. The normalized spacial score (nSPS) is 11.6. The summed E-state index contributed by atoms with van der Waals surface area (Å²) < 4.78 is 2.09. The maximum absolute atomic E-state index is 11.3. The maximum Gasteiger partial charge on any atom is 0.315 e. The first-order chi connectivity index (χ1) is 8.13. The molecule has 0 bridgehead atoms. The Morgan fingerprint density at radius 1 is 1.65 bits per heavy atom. The highest BCUT2D eigenvalue weighted by molar-refractivity contribution is 5.74. The Balaban J connectivity index is 2.26. The van der Waals surface area contributed by atoms with Crippen molar-refractivity contribution in [3.63, 3.8) is 0 Å². The van der Waals surface area contributed by atoms with E-state index in [2.05, 4.69) is 27.2 Å². The van der Waals surface area contributed by atoms with Gasteiger partial charge in [0, 0.05) is 25.0 Å². The lowest BCUT2D eigenvalue weighted by Crippen LogP contribution is -2.41. The second kappa shape index (κ2) is 6.64. The fourth-order valence-corrected chi connectivity index (χ4v) is 1.60. The van der Waals surface area contributed by atoms with Crippen LogP contribution < -0.4 is 10.6 Å². The van der Waals surface area contributed by atoms with E-state index in [0.29, 0.717) is 0 Å². The largest absolute Gasteiger partial charge is 0.354 e. The molecule has 1 aromatic heterocycles. The van der Waals surface area contributed by atoms with Crippen LogP contribution in [-0.4, -0.2) is 23.2 Å². The number of hydrogen-bond donors (Lipinski definition) is 2. The molecule has 4 nitrogen and oxygen atoms in total. The number of urea groups is 1. The summed E-state index contributed by atoms with van der Waals surface area (Å²) in [6, 6.07) is 4.03. The fraction of sp³-hybridized carbons (Fsp3) is 0.462. The average Bonchev–Trinajstić information content (AvgIpc) is 2.69. The van der Waals surface area contributed by atoms with Crippen molar-refractivity contribution in [3.05, 3.63) is 24.0 Å². The monoisotopic (exact) mass is 233 g/mol. The molecular weight excluding hydrogens is 214 g/mol. The molecule has 1 atom stereocenters. The van der Waals surface area contributed by atoms with Gasteiger partial charge in [-0.15, -0.1) is 6.42 Å². The molecule has 0 saturated heterocycles. The zero-order valence-electron chi connectivity index (χ0n) is 10.4. The molecule has 2 amide bonds. The van der Waals surface area contributed by atoms with Crippen LogP contribution in [0.25, 0.3) is 0 Å². The van der Waals surface area contributed by atoms with Crippen molar-refractivity contribution < 1.29 is 4.79 Å². The minimum Gasteiger partial charge on any atom is -0.354 e. The summed E-state index contributed by atoms with van der Waals surface area (Å²) in [5.74, 6) is 2.36. The van der Waals surface area contributed by atoms with Crippen molar-refractivity contribution in [2.45, 2.75) is 25.8 Å². The smallest absolute Gasteiger partial charge is 0.315 e. The molecule has 1 aromatic rings. The number of carbonyl (C=O) groups excluding carboxylic acids is 1. The van der Waals surface area contributed by atoms with Crippen LogP contribution in [0.15, 0.2) is 18.3 Å². The Morgan fingerprint density at radius 3 is 3.00 bits per heavy atom. The highest BCUT2D eigenvalue weighted by atomic mass is 16.2. The lowest BCUT2D eigenvalue weighted by molar-refractivity contribution is 0.238. The van der Waals surface area contributed by atoms with E-state index >= 15 is 0 Å². The minimum absolute atomic E-state index is 0.127. The third-order valence-electron chi connectivity index (χ3n) is 2.61. The highest BCUT2D eigenvalue weighted by Crippen LogP contribution is 2.05. The molecule has 0 fully saturated rings. The third-order valence-corrected chi connectivity index (χ3v) is 2.61. The quantitative estimate of drug-likeness (QED) is 0.739. The van der Waals surface area contributed by atoms with Crippen molar-refractivity contribution in [1.82, 2.24) is 15.2 Å². The van der Waals surface area contributed by atoms with Gasteiger partial charge in [0.25, 0.3) is 0 Å². The summed E-state index contributed by atoms with van der Waals surface area (Å²) in [6.45, 7) is 2.24. The van der Waals surface area contributed by atoms with Crippen molar-refractivity contribution in [2.24, 2.45) is 7.05 Å². The van der Waals surface area contributed by atoms with Gasteiger partial charge in [0.05, 0.1) is 6.54 Å². The number of terminal acetylenes is 1. The number of aryl methyl sites for hydroxylation is 2. The highest BCUT2D eigenvalue weighted by Gasteiger charge is 2.07. The van der Waals surface area contributed by atoms with E-state index in [1.807, 2.05) is 26.2 Å². The van der Waals surface area contributed by atoms with E-state index in [9.17, 15) is 4.79 Å². The Bertz CT molecular complexity index is 403. The van der Waals surface area contributed by atoms with E-state index in [1.54, 1.807) is 0 Å². The van der Waals surface area contributed by atoms with Crippen molar-refractivity contribution >= 4 is 6.03 Å². The summed E-state index contributed by atoms with van der Waals surface area (Å²) in [4.78, 5) is 11.3. The van der Waals surface area contributed by atoms with Crippen LogP contribution in [0.4, 0.5) is 4.79 Å². The van der Waals surface area contributed by atoms with Crippen molar-refractivity contribution in [1.29, 1.82) is 0 Å². The Kier molecular flexibility index (Phi) is 5.15. The summed E-state index contributed by atoms with van der Waals surface area (Å²) in [5, 5.41) is 5.42. The predicted octanol–water partition coefficient (Wildman–Crippen LogP) is 1.28. The van der Waals surface area contributed by atoms with Gasteiger partial charge in [-0.05, 0) is 31.9 Å². The average molecular weight is 233 g/mol. The van der Waals surface area contributed by atoms with Gasteiger partial charge in [-0.3, -0.25) is 0 Å². The summed E-state index contributed by atoms with van der Waals surface area (Å²) >= 11 is 0. The molecular formula is C13H19N3O. The zero-order chi connectivity index (χ0) is 12.7. The molecule has 0 aromatic carbocycles. The van der Waals surface area contributed by atoms with E-state index in [0.717, 1.165) is 12.8 Å². The molecule has 1 rings (SSSR count). The van der Waals surface area contributed by atoms with Gasteiger partial charge in [0.15, 0.2) is 0 Å². The topological polar surface area (TPSA) is 46.1 Å². The molecule has 0 radical (unpaired) electrons. The maximum atomic E-state index is 11.3. The Morgan fingerprint density at radius 2 is 2.41 bits per heavy atom. The molecule has 17 heavy (non-hydrogen) atoms. The Labute approximate surface area is 102 Å². The van der Waals surface area contributed by atoms with E-state index in [4.69, 9.17) is 6.42 Å². The van der Waals surface area contributed by atoms with Crippen LogP contribution in [0.3, 0.4) is 0 Å². The standard InChI is InChI=1S/C13H19N3O/c1-4-9-14-13(17)15-11(2)7-8-12-6-5-10-16(12)3/h1,5-6,10-11H,7-9H2,2-3H3,(H2,14,15,17)/t11-/m1/s1. The molecule has 0 spiro atoms. The van der Waals surface area contributed by atoms with E-state index < -0.39 is 0 Å². The SMILES string of the molecule is C#CCNC(=O)N[C@H](C)CCc1cccn1C. The van der Waals surface area contributed by atoms with Crippen molar-refractivity contribution in [3.8, 4) is 12.3 Å². The summed E-state index contributed by atoms with van der Waals surface area (Å²) in [5.41, 5.74) is 1.27. The lowest BCUT2D eigenvalue weighted by Gasteiger charge is -2.14. The summed E-state index contributed by atoms with van der Waals surface area (Å²) in [6.07, 6.45) is 8.92. The van der Waals surface area contributed by atoms with Gasteiger partial charge in [-0.25, -0.2) is 4.79 Å². The van der Waals surface area contributed by atoms with Gasteiger partial charge >= 0.3 is 6.03 Å². The van der Waals surface area contributed by atoms with Crippen LogP contribution >= 0.6 is 0 Å². The molecule has 0 aliphatic carbocycles. The first-order valence-corrected chi connectivity index (χ1v) is 5.71. The Hall–Kier alpha value is -1.89. The van der Waals surface area contributed by atoms with Crippen LogP contribution in [0.5, 0.6) is 0 Å². The first kappa shape index (κ1) is 13.2. The van der Waals surface area contributed by atoms with Gasteiger partial charge in [-0.1, -0.05) is 5.92 Å². The third kappa shape index (κ3) is 4.64. The summed E-state index contributed by atoms with van der Waals surface area (Å²) in [7, 11) is 2.02. The molecule has 0 aliphatic rings. The minimum atomic E-state index is -0.206. The number of hydrogen-bond acceptors (Lipinski definition) is 1. The van der Waals surface area contributed by atoms with Gasteiger partial charge in [0.2, 0.25) is 0 Å². The van der Waals surface area contributed by atoms with Crippen LogP contribution in [0.2, 0.25) is 0 Å². The number of rotatable bonds is 5. The van der Waals surface area contributed by atoms with Crippen LogP contribution in [0, 0.1) is 12.3 Å². The predicted molar refractivity (Wildman–Crippen MR) is 68.6 cm³/mol. The van der Waals surface area contributed by atoms with Crippen LogP contribution in [0.1, 0.15) is 19.0 Å². The molecule has 2 N–H and O–H groups in total. The molecule has 0 saturated carbocycles. The number of amides is 2. The lowest BCUT2D eigenvalue weighted by atomic mass is 10.1. The zero-order valence-corrected chi connectivity index (χ0v) is 10.4. The van der Waals surface area contributed by atoms with E-state index in [1.165, 1.54) is 5.69 Å². The second-order valence-corrected chi connectivity index (χ2v) is 4.08. The second-order valence-electron chi connectivity index (χ2n) is 4.08. The molecule has 0 aliphatic heterocycles. The first-order valence-electron chi connectivity index (χ1n) is 5.71. The molecule has 0 unspecified atom stereocenters. The fourth-order valence-electron chi connectivity index (χ4n) is 1.60. The van der Waals surface area contributed by atoms with E-state index in [-0.39, 0.29) is 18.6 Å². The van der Waals surface area contributed by atoms with Gasteiger partial charge in [-0.2, -0.15) is 0 Å². The number of nitrogens with one attached hydrogen (secondary N) is 2. The van der Waals surface area contributed by atoms with Gasteiger partial charge in [0.1, 0.15) is 0 Å². The van der Waals surface area contributed by atoms with Crippen molar-refractivity contribution in [2.75, 3.05) is 6.54 Å². The van der Waals surface area contributed by atoms with Gasteiger partial charge < -0.3 is 15.2 Å². The number of aromatic nitrogens is 1. The molecule has 1 heterocycles. The number of carbonyl (C=O) groups is 1. The number of nitrogens with zero attached hydrogens (tertiary/aromatic N) is 1.